The molecule has 0 saturated carbocycles. The highest BCUT2D eigenvalue weighted by atomic mass is 32.2. The smallest absolute Gasteiger partial charge is 0.282 e. The van der Waals surface area contributed by atoms with Crippen LogP contribution in [-0.4, -0.2) is 13.0 Å². The summed E-state index contributed by atoms with van der Waals surface area (Å²) in [7, 11) is -4.21. The molecule has 0 heterocycles. The third-order valence-electron chi connectivity index (χ3n) is 5.03. The summed E-state index contributed by atoms with van der Waals surface area (Å²) in [6.07, 6.45) is 11.5. The van der Waals surface area contributed by atoms with E-state index in [9.17, 15) is 13.0 Å². The average Bonchev–Trinajstić information content (AvgIpc) is 2.61. The predicted octanol–water partition coefficient (Wildman–Crippen LogP) is 6.33. The van der Waals surface area contributed by atoms with E-state index in [-0.39, 0.29) is 4.90 Å². The number of fused-ring (bicyclic) bond motifs is 1. The molecule has 3 nitrogen and oxygen atoms in total. The van der Waals surface area contributed by atoms with E-state index in [2.05, 4.69) is 19.9 Å². The maximum absolute atomic E-state index is 11.7. The Morgan fingerprint density at radius 2 is 1.42 bits per heavy atom. The summed E-state index contributed by atoms with van der Waals surface area (Å²) in [5.41, 5.74) is 2.43. The fourth-order valence-electron chi connectivity index (χ4n) is 3.52. The highest BCUT2D eigenvalue weighted by Gasteiger charge is 2.16. The van der Waals surface area contributed by atoms with Crippen molar-refractivity contribution in [3.05, 3.63) is 41.5 Å². The van der Waals surface area contributed by atoms with Gasteiger partial charge < -0.3 is 0 Å². The van der Waals surface area contributed by atoms with E-state index in [1.54, 1.807) is 6.07 Å². The van der Waals surface area contributed by atoms with Gasteiger partial charge in [-0.1, -0.05) is 76.6 Å². The molecule has 0 aliphatic heterocycles. The van der Waals surface area contributed by atoms with E-state index < -0.39 is 10.1 Å². The van der Waals surface area contributed by atoms with Crippen molar-refractivity contribution in [2.75, 3.05) is 0 Å². The van der Waals surface area contributed by atoms with Gasteiger partial charge in [0.05, 0.1) is 0 Å². The van der Waals surface area contributed by atoms with Crippen molar-refractivity contribution >= 4 is 20.9 Å². The Morgan fingerprint density at radius 3 is 2.04 bits per heavy atom. The third kappa shape index (κ3) is 5.82. The first-order valence-corrected chi connectivity index (χ1v) is 11.4. The molecule has 0 saturated heterocycles. The lowest BCUT2D eigenvalue weighted by atomic mass is 9.96. The minimum Gasteiger partial charge on any atom is -0.282 e. The number of benzene rings is 2. The van der Waals surface area contributed by atoms with Gasteiger partial charge in [-0.3, -0.25) is 4.55 Å². The van der Waals surface area contributed by atoms with Crippen LogP contribution in [0.15, 0.2) is 35.2 Å². The van der Waals surface area contributed by atoms with Crippen LogP contribution in [0.5, 0.6) is 0 Å². The summed E-state index contributed by atoms with van der Waals surface area (Å²) >= 11 is 0. The van der Waals surface area contributed by atoms with Gasteiger partial charge in [-0.05, 0) is 48.3 Å². The van der Waals surface area contributed by atoms with Crippen molar-refractivity contribution in [2.24, 2.45) is 0 Å². The topological polar surface area (TPSA) is 54.4 Å². The van der Waals surface area contributed by atoms with Gasteiger partial charge in [0.15, 0.2) is 0 Å². The van der Waals surface area contributed by atoms with E-state index in [0.717, 1.165) is 31.1 Å². The molecule has 2 aromatic rings. The standard InChI is InChI=1S/C22H32O3S/c1-3-5-7-9-11-18-13-15-20-21(17-18)19(12-10-8-6-4-2)14-16-22(20)26(23,24)25/h13-17H,3-12H2,1-2H3,(H,23,24,25). The monoisotopic (exact) mass is 376 g/mol. The minimum atomic E-state index is -4.21. The second kappa shape index (κ2) is 10.1. The van der Waals surface area contributed by atoms with Crippen molar-refractivity contribution in [3.8, 4) is 0 Å². The largest absolute Gasteiger partial charge is 0.295 e. The van der Waals surface area contributed by atoms with Crippen LogP contribution in [0.4, 0.5) is 0 Å². The summed E-state index contributed by atoms with van der Waals surface area (Å²) in [5.74, 6) is 0. The molecule has 2 rings (SSSR count). The quantitative estimate of drug-likeness (QED) is 0.368. The fourth-order valence-corrected chi connectivity index (χ4v) is 4.22. The average molecular weight is 377 g/mol. The maximum atomic E-state index is 11.7. The molecule has 0 radical (unpaired) electrons. The lowest BCUT2D eigenvalue weighted by Gasteiger charge is -2.12. The summed E-state index contributed by atoms with van der Waals surface area (Å²) in [4.78, 5) is 0.0161. The van der Waals surface area contributed by atoms with Crippen LogP contribution >= 0.6 is 0 Å². The predicted molar refractivity (Wildman–Crippen MR) is 109 cm³/mol. The lowest BCUT2D eigenvalue weighted by Crippen LogP contribution is -2.01. The molecular formula is C22H32O3S. The summed E-state index contributed by atoms with van der Waals surface area (Å²) in [6, 6.07) is 9.42. The molecule has 0 aliphatic carbocycles. The van der Waals surface area contributed by atoms with E-state index in [1.807, 2.05) is 18.2 Å². The normalized spacial score (nSPS) is 12.0. The van der Waals surface area contributed by atoms with Crippen LogP contribution in [0, 0.1) is 0 Å². The molecule has 0 bridgehead atoms. The van der Waals surface area contributed by atoms with Crippen LogP contribution in [0.1, 0.15) is 76.3 Å². The first kappa shape index (κ1) is 20.9. The SMILES string of the molecule is CCCCCCc1ccc2c(S(=O)(=O)O)ccc(CCCCCC)c2c1. The molecule has 4 heteroatoms. The number of aryl methyl sites for hydroxylation is 2. The molecule has 0 spiro atoms. The Morgan fingerprint density at radius 1 is 0.769 bits per heavy atom. The van der Waals surface area contributed by atoms with E-state index in [0.29, 0.717) is 5.39 Å². The van der Waals surface area contributed by atoms with Crippen LogP contribution < -0.4 is 0 Å². The number of hydrogen-bond acceptors (Lipinski definition) is 2. The Bertz CT molecular complexity index is 809. The van der Waals surface area contributed by atoms with Gasteiger partial charge >= 0.3 is 0 Å². The summed E-state index contributed by atoms with van der Waals surface area (Å²) < 4.78 is 33.0. The van der Waals surface area contributed by atoms with Crippen LogP contribution in [0.2, 0.25) is 0 Å². The number of hydrogen-bond donors (Lipinski definition) is 1. The van der Waals surface area contributed by atoms with Gasteiger partial charge in [-0.25, -0.2) is 0 Å². The highest BCUT2D eigenvalue weighted by molar-refractivity contribution is 7.86. The van der Waals surface area contributed by atoms with Gasteiger partial charge in [0.25, 0.3) is 10.1 Å². The van der Waals surface area contributed by atoms with Gasteiger partial charge in [0, 0.05) is 5.39 Å². The summed E-state index contributed by atoms with van der Waals surface area (Å²) in [6.45, 7) is 4.40. The molecule has 26 heavy (non-hydrogen) atoms. The summed E-state index contributed by atoms with van der Waals surface area (Å²) in [5, 5.41) is 1.61. The number of rotatable bonds is 11. The Labute approximate surface area is 158 Å². The maximum Gasteiger partial charge on any atom is 0.295 e. The molecule has 0 aliphatic rings. The van der Waals surface area contributed by atoms with Crippen molar-refractivity contribution in [2.45, 2.75) is 83.0 Å². The Kier molecular flexibility index (Phi) is 8.11. The second-order valence-electron chi connectivity index (χ2n) is 7.20. The van der Waals surface area contributed by atoms with Crippen molar-refractivity contribution in [3.63, 3.8) is 0 Å². The number of unbranched alkanes of at least 4 members (excludes halogenated alkanes) is 6. The molecule has 2 aromatic carbocycles. The molecule has 0 unspecified atom stereocenters. The van der Waals surface area contributed by atoms with Crippen LogP contribution in [-0.2, 0) is 23.0 Å². The van der Waals surface area contributed by atoms with Gasteiger partial charge in [0.1, 0.15) is 4.90 Å². The zero-order valence-electron chi connectivity index (χ0n) is 16.1. The third-order valence-corrected chi connectivity index (χ3v) is 5.94. The molecule has 0 amide bonds. The van der Waals surface area contributed by atoms with Gasteiger partial charge in [-0.15, -0.1) is 0 Å². The van der Waals surface area contributed by atoms with Crippen LogP contribution in [0.3, 0.4) is 0 Å². The van der Waals surface area contributed by atoms with Crippen molar-refractivity contribution in [1.82, 2.24) is 0 Å². The van der Waals surface area contributed by atoms with Crippen LogP contribution in [0.25, 0.3) is 10.8 Å². The zero-order chi connectivity index (χ0) is 19.0. The highest BCUT2D eigenvalue weighted by Crippen LogP contribution is 2.29. The first-order valence-electron chi connectivity index (χ1n) is 9.99. The van der Waals surface area contributed by atoms with Gasteiger partial charge in [-0.2, -0.15) is 8.42 Å². The molecule has 0 atom stereocenters. The molecule has 144 valence electrons. The Hall–Kier alpha value is -1.39. The van der Waals surface area contributed by atoms with E-state index >= 15 is 0 Å². The molecule has 0 fully saturated rings. The fraction of sp³-hybridized carbons (Fsp3) is 0.545. The molecule has 1 N–H and O–H groups in total. The Balaban J connectivity index is 2.33. The van der Waals surface area contributed by atoms with E-state index in [1.165, 1.54) is 49.7 Å². The molecular weight excluding hydrogens is 344 g/mol. The van der Waals surface area contributed by atoms with E-state index in [4.69, 9.17) is 0 Å². The van der Waals surface area contributed by atoms with Gasteiger partial charge in [0.2, 0.25) is 0 Å². The van der Waals surface area contributed by atoms with Crippen molar-refractivity contribution in [1.29, 1.82) is 0 Å². The first-order chi connectivity index (χ1) is 12.5. The lowest BCUT2D eigenvalue weighted by molar-refractivity contribution is 0.484. The zero-order valence-corrected chi connectivity index (χ0v) is 16.9. The second-order valence-corrected chi connectivity index (χ2v) is 8.59. The minimum absolute atomic E-state index is 0.0161. The molecule has 0 aromatic heterocycles. The van der Waals surface area contributed by atoms with Crippen molar-refractivity contribution < 1.29 is 13.0 Å².